The van der Waals surface area contributed by atoms with Gasteiger partial charge in [-0.05, 0) is 30.5 Å². The molecule has 3 N–H and O–H groups in total. The molecule has 2 rings (SSSR count). The van der Waals surface area contributed by atoms with Crippen molar-refractivity contribution < 1.29 is 9.59 Å². The van der Waals surface area contributed by atoms with Gasteiger partial charge in [0.25, 0.3) is 0 Å². The number of hydrogen-bond donors (Lipinski definition) is 3. The summed E-state index contributed by atoms with van der Waals surface area (Å²) in [7, 11) is 1.75. The molecule has 1 aromatic carbocycles. The molecule has 28 heavy (non-hydrogen) atoms. The SMILES string of the molecule is CN=C(NCCc1ccc(NC(C)=O)cc1)NC1CCN(C(=O)C(C)C)C1.I. The molecule has 0 spiro atoms. The van der Waals surface area contributed by atoms with Gasteiger partial charge in [-0.1, -0.05) is 26.0 Å². The summed E-state index contributed by atoms with van der Waals surface area (Å²) < 4.78 is 0. The van der Waals surface area contributed by atoms with Crippen molar-refractivity contribution in [3.8, 4) is 0 Å². The van der Waals surface area contributed by atoms with Crippen molar-refractivity contribution in [1.29, 1.82) is 0 Å². The number of hydrogen-bond acceptors (Lipinski definition) is 3. The Labute approximate surface area is 184 Å². The van der Waals surface area contributed by atoms with Crippen LogP contribution >= 0.6 is 24.0 Å². The number of nitrogens with zero attached hydrogens (tertiary/aromatic N) is 2. The Morgan fingerprint density at radius 3 is 2.50 bits per heavy atom. The van der Waals surface area contributed by atoms with Gasteiger partial charge in [-0.3, -0.25) is 14.6 Å². The Kier molecular flexibility index (Phi) is 10.3. The third-order valence-corrected chi connectivity index (χ3v) is 4.54. The Morgan fingerprint density at radius 1 is 1.25 bits per heavy atom. The molecule has 156 valence electrons. The van der Waals surface area contributed by atoms with Crippen LogP contribution in [0.1, 0.15) is 32.8 Å². The lowest BCUT2D eigenvalue weighted by atomic mass is 10.1. The van der Waals surface area contributed by atoms with Crippen LogP contribution in [0.4, 0.5) is 5.69 Å². The van der Waals surface area contributed by atoms with Gasteiger partial charge in [-0.25, -0.2) is 0 Å². The number of nitrogens with one attached hydrogen (secondary N) is 3. The molecular weight excluding hydrogens is 469 g/mol. The summed E-state index contributed by atoms with van der Waals surface area (Å²) in [6.45, 7) is 7.65. The standard InChI is InChI=1S/C20H31N5O2.HI/c1-14(2)19(27)25-12-10-18(13-25)24-20(21-4)22-11-9-16-5-7-17(8-6-16)23-15(3)26;/h5-8,14,18H,9-13H2,1-4H3,(H,23,26)(H2,21,22,24);1H. The zero-order chi connectivity index (χ0) is 19.8. The lowest BCUT2D eigenvalue weighted by Crippen LogP contribution is -2.45. The minimum absolute atomic E-state index is 0. The van der Waals surface area contributed by atoms with E-state index in [1.54, 1.807) is 7.05 Å². The van der Waals surface area contributed by atoms with Crippen LogP contribution < -0.4 is 16.0 Å². The van der Waals surface area contributed by atoms with E-state index in [0.29, 0.717) is 0 Å². The Bertz CT molecular complexity index is 676. The molecule has 1 heterocycles. The molecule has 1 saturated heterocycles. The Morgan fingerprint density at radius 2 is 1.93 bits per heavy atom. The number of rotatable bonds is 6. The molecule has 0 bridgehead atoms. The average Bonchev–Trinajstić information content (AvgIpc) is 3.09. The first-order valence-electron chi connectivity index (χ1n) is 9.51. The topological polar surface area (TPSA) is 85.8 Å². The summed E-state index contributed by atoms with van der Waals surface area (Å²) in [5, 5.41) is 9.49. The van der Waals surface area contributed by atoms with E-state index in [9.17, 15) is 9.59 Å². The number of likely N-dealkylation sites (tertiary alicyclic amines) is 1. The smallest absolute Gasteiger partial charge is 0.225 e. The van der Waals surface area contributed by atoms with Gasteiger partial charge < -0.3 is 20.9 Å². The van der Waals surface area contributed by atoms with Gasteiger partial charge in [0.05, 0.1) is 0 Å². The van der Waals surface area contributed by atoms with Crippen LogP contribution in [0.5, 0.6) is 0 Å². The zero-order valence-corrected chi connectivity index (χ0v) is 19.4. The molecule has 1 aliphatic rings. The highest BCUT2D eigenvalue weighted by Crippen LogP contribution is 2.13. The molecule has 0 aromatic heterocycles. The molecule has 1 aliphatic heterocycles. The second-order valence-corrected chi connectivity index (χ2v) is 7.20. The third-order valence-electron chi connectivity index (χ3n) is 4.54. The molecule has 7 nitrogen and oxygen atoms in total. The minimum atomic E-state index is -0.0696. The highest BCUT2D eigenvalue weighted by Gasteiger charge is 2.27. The van der Waals surface area contributed by atoms with Crippen molar-refractivity contribution in [2.75, 3.05) is 32.0 Å². The van der Waals surface area contributed by atoms with Crippen molar-refractivity contribution >= 4 is 47.4 Å². The first-order valence-corrected chi connectivity index (χ1v) is 9.51. The maximum Gasteiger partial charge on any atom is 0.225 e. The van der Waals surface area contributed by atoms with Crippen LogP contribution in [-0.4, -0.2) is 55.4 Å². The van der Waals surface area contributed by atoms with Gasteiger partial charge in [-0.15, -0.1) is 24.0 Å². The van der Waals surface area contributed by atoms with E-state index in [4.69, 9.17) is 0 Å². The number of benzene rings is 1. The number of halogens is 1. The zero-order valence-electron chi connectivity index (χ0n) is 17.1. The van der Waals surface area contributed by atoms with Crippen LogP contribution in [0.15, 0.2) is 29.3 Å². The van der Waals surface area contributed by atoms with E-state index in [1.165, 1.54) is 12.5 Å². The summed E-state index contributed by atoms with van der Waals surface area (Å²) >= 11 is 0. The summed E-state index contributed by atoms with van der Waals surface area (Å²) in [6, 6.07) is 8.06. The van der Waals surface area contributed by atoms with Crippen LogP contribution in [0.2, 0.25) is 0 Å². The van der Waals surface area contributed by atoms with Crippen LogP contribution in [0, 0.1) is 5.92 Å². The highest BCUT2D eigenvalue weighted by molar-refractivity contribution is 14.0. The maximum absolute atomic E-state index is 12.1. The number of amides is 2. The fourth-order valence-corrected chi connectivity index (χ4v) is 3.11. The number of guanidine groups is 1. The predicted molar refractivity (Wildman–Crippen MR) is 124 cm³/mol. The number of anilines is 1. The second kappa shape index (κ2) is 11.9. The van der Waals surface area contributed by atoms with E-state index >= 15 is 0 Å². The van der Waals surface area contributed by atoms with E-state index in [1.807, 2.05) is 43.0 Å². The van der Waals surface area contributed by atoms with Crippen molar-refractivity contribution in [2.24, 2.45) is 10.9 Å². The maximum atomic E-state index is 12.1. The van der Waals surface area contributed by atoms with Crippen LogP contribution in [0.3, 0.4) is 0 Å². The van der Waals surface area contributed by atoms with E-state index in [-0.39, 0.29) is 47.8 Å². The first kappa shape index (κ1) is 24.2. The van der Waals surface area contributed by atoms with Crippen molar-refractivity contribution in [3.63, 3.8) is 0 Å². The van der Waals surface area contributed by atoms with Crippen molar-refractivity contribution in [2.45, 2.75) is 39.7 Å². The minimum Gasteiger partial charge on any atom is -0.356 e. The van der Waals surface area contributed by atoms with Gasteiger partial charge in [0.15, 0.2) is 5.96 Å². The monoisotopic (exact) mass is 501 g/mol. The molecule has 0 saturated carbocycles. The van der Waals surface area contributed by atoms with Gasteiger partial charge in [0.2, 0.25) is 11.8 Å². The molecule has 8 heteroatoms. The molecule has 0 radical (unpaired) electrons. The average molecular weight is 501 g/mol. The largest absolute Gasteiger partial charge is 0.356 e. The van der Waals surface area contributed by atoms with Gasteiger partial charge in [0, 0.05) is 51.3 Å². The molecular formula is C20H32IN5O2. The molecule has 1 atom stereocenters. The fourth-order valence-electron chi connectivity index (χ4n) is 3.11. The van der Waals surface area contributed by atoms with Gasteiger partial charge in [0.1, 0.15) is 0 Å². The lowest BCUT2D eigenvalue weighted by molar-refractivity contribution is -0.133. The predicted octanol–water partition coefficient (Wildman–Crippen LogP) is 2.23. The number of carbonyl (C=O) groups is 2. The Balaban J connectivity index is 0.00000392. The van der Waals surface area contributed by atoms with E-state index in [2.05, 4.69) is 20.9 Å². The number of carbonyl (C=O) groups excluding carboxylic acids is 2. The molecule has 1 fully saturated rings. The van der Waals surface area contributed by atoms with Crippen molar-refractivity contribution in [1.82, 2.24) is 15.5 Å². The van der Waals surface area contributed by atoms with Crippen LogP contribution in [-0.2, 0) is 16.0 Å². The summed E-state index contributed by atoms with van der Waals surface area (Å²) in [5.74, 6) is 0.941. The lowest BCUT2D eigenvalue weighted by Gasteiger charge is -2.20. The summed E-state index contributed by atoms with van der Waals surface area (Å²) in [6.07, 6.45) is 1.79. The van der Waals surface area contributed by atoms with Gasteiger partial charge >= 0.3 is 0 Å². The molecule has 1 aromatic rings. The fraction of sp³-hybridized carbons (Fsp3) is 0.550. The molecule has 0 aliphatic carbocycles. The van der Waals surface area contributed by atoms with Crippen molar-refractivity contribution in [3.05, 3.63) is 29.8 Å². The van der Waals surface area contributed by atoms with E-state index in [0.717, 1.165) is 44.1 Å². The van der Waals surface area contributed by atoms with Crippen LogP contribution in [0.25, 0.3) is 0 Å². The summed E-state index contributed by atoms with van der Waals surface area (Å²) in [5.41, 5.74) is 1.99. The quantitative estimate of drug-likeness (QED) is 0.317. The van der Waals surface area contributed by atoms with E-state index < -0.39 is 0 Å². The number of aliphatic imine (C=N–C) groups is 1. The third kappa shape index (κ3) is 7.65. The first-order chi connectivity index (χ1) is 12.9. The second-order valence-electron chi connectivity index (χ2n) is 7.20. The summed E-state index contributed by atoms with van der Waals surface area (Å²) in [4.78, 5) is 29.3. The molecule has 1 unspecified atom stereocenters. The van der Waals surface area contributed by atoms with Gasteiger partial charge in [-0.2, -0.15) is 0 Å². The normalized spacial score (nSPS) is 16.5. The Hall–Kier alpha value is -1.84. The molecule has 2 amide bonds. The highest BCUT2D eigenvalue weighted by atomic mass is 127.